The minimum Gasteiger partial charge on any atom is -0.347 e. The Morgan fingerprint density at radius 1 is 1.25 bits per heavy atom. The lowest BCUT2D eigenvalue weighted by Gasteiger charge is -2.17. The van der Waals surface area contributed by atoms with Crippen molar-refractivity contribution < 1.29 is 14.0 Å². The highest BCUT2D eigenvalue weighted by molar-refractivity contribution is 5.86. The normalized spacial score (nSPS) is 13.4. The Kier molecular flexibility index (Phi) is 6.79. The maximum Gasteiger partial charge on any atom is 0.241 e. The van der Waals surface area contributed by atoms with Gasteiger partial charge in [0, 0.05) is 30.8 Å². The quantitative estimate of drug-likeness (QED) is 0.617. The van der Waals surface area contributed by atoms with Crippen molar-refractivity contribution in [2.24, 2.45) is 5.92 Å². The number of halogens is 1. The Balaban J connectivity index is 1.31. The number of hydrogen-bond acceptors (Lipinski definition) is 3. The highest BCUT2D eigenvalue weighted by Gasteiger charge is 2.29. The molecule has 1 aliphatic carbocycles. The molecule has 1 aromatic carbocycles. The van der Waals surface area contributed by atoms with E-state index >= 15 is 0 Å². The summed E-state index contributed by atoms with van der Waals surface area (Å²) in [5.41, 5.74) is 2.52. The summed E-state index contributed by atoms with van der Waals surface area (Å²) in [5.74, 6) is -0.198. The molecule has 1 heterocycles. The maximum absolute atomic E-state index is 13.3. The van der Waals surface area contributed by atoms with Crippen LogP contribution in [0.15, 0.2) is 30.3 Å². The second-order valence-corrected chi connectivity index (χ2v) is 7.41. The maximum atomic E-state index is 13.3. The zero-order valence-corrected chi connectivity index (χ0v) is 16.2. The molecule has 0 atom stereocenters. The Bertz CT molecular complexity index is 816. The fourth-order valence-electron chi connectivity index (χ4n) is 3.04. The third kappa shape index (κ3) is 5.90. The van der Waals surface area contributed by atoms with Crippen LogP contribution >= 0.6 is 0 Å². The molecular formula is C21H27FN4O2. The van der Waals surface area contributed by atoms with Crippen LogP contribution in [0.25, 0.3) is 11.3 Å². The summed E-state index contributed by atoms with van der Waals surface area (Å²) in [6.45, 7) is 0.762. The number of benzene rings is 1. The summed E-state index contributed by atoms with van der Waals surface area (Å²) in [4.78, 5) is 25.2. The number of hydrogen-bond donors (Lipinski definition) is 2. The van der Waals surface area contributed by atoms with Gasteiger partial charge in [0.15, 0.2) is 0 Å². The third-order valence-corrected chi connectivity index (χ3v) is 4.98. The van der Waals surface area contributed by atoms with Crippen molar-refractivity contribution >= 4 is 11.8 Å². The molecule has 0 spiro atoms. The van der Waals surface area contributed by atoms with Gasteiger partial charge in [0.05, 0.1) is 12.2 Å². The predicted octanol–water partition coefficient (Wildman–Crippen LogP) is 2.91. The smallest absolute Gasteiger partial charge is 0.241 e. The molecule has 1 fully saturated rings. The van der Waals surface area contributed by atoms with Crippen molar-refractivity contribution in [3.8, 4) is 11.3 Å². The minimum atomic E-state index is -0.271. The van der Waals surface area contributed by atoms with E-state index < -0.39 is 0 Å². The number of likely N-dealkylation sites (N-methyl/N-ethyl adjacent to an activating group) is 1. The number of nitrogens with zero attached hydrogens (tertiary/aromatic N) is 2. The summed E-state index contributed by atoms with van der Waals surface area (Å²) in [6.07, 6.45) is 5.61. The SMILES string of the molecule is CN(CCCCCc1cc(-c2cccc(F)c2)n[nH]1)C(=O)CNC(=O)C1CC1. The van der Waals surface area contributed by atoms with Crippen LogP contribution in [0.1, 0.15) is 37.8 Å². The van der Waals surface area contributed by atoms with Crippen LogP contribution < -0.4 is 5.32 Å². The zero-order chi connectivity index (χ0) is 19.9. The average molecular weight is 386 g/mol. The molecule has 0 unspecified atom stereocenters. The van der Waals surface area contributed by atoms with E-state index in [-0.39, 0.29) is 30.1 Å². The highest BCUT2D eigenvalue weighted by atomic mass is 19.1. The van der Waals surface area contributed by atoms with Gasteiger partial charge in [0.25, 0.3) is 0 Å². The van der Waals surface area contributed by atoms with E-state index in [1.807, 2.05) is 12.1 Å². The topological polar surface area (TPSA) is 78.1 Å². The van der Waals surface area contributed by atoms with Crippen LogP contribution in [0, 0.1) is 11.7 Å². The van der Waals surface area contributed by atoms with Gasteiger partial charge in [-0.25, -0.2) is 4.39 Å². The number of carbonyl (C=O) groups is 2. The van der Waals surface area contributed by atoms with Crippen molar-refractivity contribution in [1.82, 2.24) is 20.4 Å². The molecule has 2 aromatic rings. The Hall–Kier alpha value is -2.70. The highest BCUT2D eigenvalue weighted by Crippen LogP contribution is 2.28. The lowest BCUT2D eigenvalue weighted by atomic mass is 10.1. The van der Waals surface area contributed by atoms with E-state index in [9.17, 15) is 14.0 Å². The van der Waals surface area contributed by atoms with Crippen LogP contribution in [0.5, 0.6) is 0 Å². The van der Waals surface area contributed by atoms with Crippen LogP contribution in [0.4, 0.5) is 4.39 Å². The third-order valence-electron chi connectivity index (χ3n) is 4.98. The molecular weight excluding hydrogens is 359 g/mol. The number of nitrogens with one attached hydrogen (secondary N) is 2. The molecule has 2 N–H and O–H groups in total. The van der Waals surface area contributed by atoms with E-state index in [0.717, 1.165) is 55.5 Å². The van der Waals surface area contributed by atoms with E-state index in [2.05, 4.69) is 15.5 Å². The summed E-state index contributed by atoms with van der Waals surface area (Å²) in [6, 6.07) is 8.35. The second kappa shape index (κ2) is 9.48. The van der Waals surface area contributed by atoms with Crippen molar-refractivity contribution in [2.75, 3.05) is 20.1 Å². The molecule has 1 aromatic heterocycles. The van der Waals surface area contributed by atoms with Gasteiger partial charge in [-0.05, 0) is 50.3 Å². The Morgan fingerprint density at radius 3 is 2.82 bits per heavy atom. The van der Waals surface area contributed by atoms with E-state index in [1.165, 1.54) is 12.1 Å². The molecule has 6 nitrogen and oxygen atoms in total. The first-order valence-corrected chi connectivity index (χ1v) is 9.85. The van der Waals surface area contributed by atoms with E-state index in [1.54, 1.807) is 18.0 Å². The van der Waals surface area contributed by atoms with Gasteiger partial charge in [-0.3, -0.25) is 14.7 Å². The number of aromatic amines is 1. The second-order valence-electron chi connectivity index (χ2n) is 7.41. The van der Waals surface area contributed by atoms with Crippen molar-refractivity contribution in [3.05, 3.63) is 41.8 Å². The molecule has 7 heteroatoms. The number of amides is 2. The van der Waals surface area contributed by atoms with Crippen LogP contribution in [0.3, 0.4) is 0 Å². The molecule has 1 saturated carbocycles. The zero-order valence-electron chi connectivity index (χ0n) is 16.2. The van der Waals surface area contributed by atoms with Gasteiger partial charge in [-0.2, -0.15) is 5.10 Å². The first-order valence-electron chi connectivity index (χ1n) is 9.85. The van der Waals surface area contributed by atoms with Crippen LogP contribution in [-0.2, 0) is 16.0 Å². The Morgan fingerprint density at radius 2 is 2.07 bits per heavy atom. The minimum absolute atomic E-state index is 0.00100. The lowest BCUT2D eigenvalue weighted by molar-refractivity contribution is -0.132. The van der Waals surface area contributed by atoms with E-state index in [0.29, 0.717) is 6.54 Å². The van der Waals surface area contributed by atoms with Crippen LogP contribution in [-0.4, -0.2) is 47.0 Å². The fourth-order valence-corrected chi connectivity index (χ4v) is 3.04. The fraction of sp³-hybridized carbons (Fsp3) is 0.476. The number of carbonyl (C=O) groups excluding carboxylic acids is 2. The number of aromatic nitrogens is 2. The number of rotatable bonds is 10. The molecule has 0 saturated heterocycles. The first-order chi connectivity index (χ1) is 13.5. The van der Waals surface area contributed by atoms with Crippen molar-refractivity contribution in [1.29, 1.82) is 0 Å². The monoisotopic (exact) mass is 386 g/mol. The Labute approximate surface area is 164 Å². The molecule has 150 valence electrons. The largest absolute Gasteiger partial charge is 0.347 e. The summed E-state index contributed by atoms with van der Waals surface area (Å²) < 4.78 is 13.3. The first kappa shape index (κ1) is 20.0. The van der Waals surface area contributed by atoms with Gasteiger partial charge in [0.2, 0.25) is 11.8 Å². The van der Waals surface area contributed by atoms with Gasteiger partial charge >= 0.3 is 0 Å². The van der Waals surface area contributed by atoms with Crippen molar-refractivity contribution in [2.45, 2.75) is 38.5 Å². The summed E-state index contributed by atoms with van der Waals surface area (Å²) in [7, 11) is 1.77. The number of unbranched alkanes of at least 4 members (excludes halogenated alkanes) is 2. The molecule has 0 radical (unpaired) electrons. The molecule has 0 bridgehead atoms. The summed E-state index contributed by atoms with van der Waals surface area (Å²) in [5, 5.41) is 9.96. The molecule has 0 aliphatic heterocycles. The number of H-pyrrole nitrogens is 1. The van der Waals surface area contributed by atoms with Gasteiger partial charge in [-0.15, -0.1) is 0 Å². The lowest BCUT2D eigenvalue weighted by Crippen LogP contribution is -2.39. The van der Waals surface area contributed by atoms with E-state index in [4.69, 9.17) is 0 Å². The predicted molar refractivity (Wildman–Crippen MR) is 105 cm³/mol. The summed E-state index contributed by atoms with van der Waals surface area (Å²) >= 11 is 0. The average Bonchev–Trinajstić information content (AvgIpc) is 3.44. The van der Waals surface area contributed by atoms with Crippen molar-refractivity contribution in [3.63, 3.8) is 0 Å². The molecule has 28 heavy (non-hydrogen) atoms. The van der Waals surface area contributed by atoms with Gasteiger partial charge < -0.3 is 10.2 Å². The molecule has 3 rings (SSSR count). The van der Waals surface area contributed by atoms with Crippen LogP contribution in [0.2, 0.25) is 0 Å². The van der Waals surface area contributed by atoms with Gasteiger partial charge in [-0.1, -0.05) is 18.6 Å². The molecule has 2 amide bonds. The number of aryl methyl sites for hydroxylation is 1. The standard InChI is InChI=1S/C21H27FN4O2/c1-26(20(27)14-23-21(28)15-9-10-15)11-4-2-3-8-18-13-19(25-24-18)16-6-5-7-17(22)12-16/h5-7,12-13,15H,2-4,8-11,14H2,1H3,(H,23,28)(H,24,25). The van der Waals surface area contributed by atoms with Gasteiger partial charge in [0.1, 0.15) is 5.82 Å². The molecule has 1 aliphatic rings.